The molecule has 12 rings (SSSR count). The Morgan fingerprint density at radius 2 is 1.01 bits per heavy atom. The van der Waals surface area contributed by atoms with Crippen LogP contribution in [0.1, 0.15) is 205 Å². The monoisotopic (exact) mass is 1200 g/mol. The molecule has 4 atom stereocenters. The molecule has 4 saturated carbocycles. The fraction of sp³-hybridized carbons (Fsp3) is 0.429. The second kappa shape index (κ2) is 29.5. The molecule has 18 heteroatoms. The lowest BCUT2D eigenvalue weighted by atomic mass is 9.91. The summed E-state index contributed by atoms with van der Waals surface area (Å²) in [4.78, 5) is 66.5. The number of carboxylic acid groups (broad SMARTS) is 1. The average molecular weight is 1200 g/mol. The van der Waals surface area contributed by atoms with Crippen LogP contribution in [0.15, 0.2) is 122 Å². The third-order valence-corrected chi connectivity index (χ3v) is 15.8. The first-order valence-corrected chi connectivity index (χ1v) is 30.4. The summed E-state index contributed by atoms with van der Waals surface area (Å²) in [6, 6.07) is 30.9. The molecule has 3 amide bonds. The highest BCUT2D eigenvalue weighted by Gasteiger charge is 2.33. The number of hydrogen-bond acceptors (Lipinski definition) is 13. The van der Waals surface area contributed by atoms with Crippen molar-refractivity contribution in [3.63, 3.8) is 0 Å². The van der Waals surface area contributed by atoms with Gasteiger partial charge in [0.05, 0.1) is 25.5 Å². The van der Waals surface area contributed by atoms with Crippen LogP contribution >= 0.6 is 0 Å². The van der Waals surface area contributed by atoms with Crippen LogP contribution in [0.25, 0.3) is 11.1 Å². The number of rotatable bonds is 13. The fourth-order valence-corrected chi connectivity index (χ4v) is 11.4. The third kappa shape index (κ3) is 18.3. The molecule has 88 heavy (non-hydrogen) atoms. The van der Waals surface area contributed by atoms with Gasteiger partial charge in [-0.25, -0.2) is 34.3 Å². The summed E-state index contributed by atoms with van der Waals surface area (Å²) < 4.78 is 25.8. The van der Waals surface area contributed by atoms with Crippen LogP contribution in [0.4, 0.5) is 37.3 Å². The van der Waals surface area contributed by atoms with Crippen molar-refractivity contribution in [2.45, 2.75) is 186 Å². The predicted octanol–water partition coefficient (Wildman–Crippen LogP) is 14.8. The second-order valence-electron chi connectivity index (χ2n) is 25.2. The predicted molar refractivity (Wildman–Crippen MR) is 347 cm³/mol. The number of carbonyl (C=O) groups excluding carboxylic acids is 3. The number of fused-ring (bicyclic) bond motifs is 2. The van der Waals surface area contributed by atoms with Crippen LogP contribution < -0.4 is 32.3 Å². The molecule has 4 aromatic carbocycles. The van der Waals surface area contributed by atoms with Crippen molar-refractivity contribution in [2.24, 2.45) is 5.73 Å². The van der Waals surface area contributed by atoms with Gasteiger partial charge >= 0.3 is 18.2 Å². The topological polar surface area (TPSA) is 245 Å². The molecule has 0 bridgehead atoms. The maximum atomic E-state index is 13.0. The molecule has 6 aliphatic rings. The van der Waals surface area contributed by atoms with Gasteiger partial charge in [0.25, 0.3) is 5.91 Å². The molecule has 2 heterocycles. The van der Waals surface area contributed by atoms with Crippen LogP contribution in [0, 0.1) is 0 Å². The standard InChI is InChI=1S/C34H39N5O3.C22H26N4.C12H15NO4.CH3F.CH4/c1-34(2,3)42-33(41)38-24-16-13-23(14-17-24)31(40)36-25-8-6-9-26(19-25)37-32-35-20-29(22-11-12-22)30(39-32)28-18-15-21-7-4-5-10-27(21)28;23-16-5-3-6-17(12-16)25-22-24-13-20(15-8-9-15)21(26-22)19-11-10-14-4-1-2-7-18(14)19;1-12(2,3)17-11(16)13-9-6-4-8(5-7-9)10(14)15;1-2;/h4-5,7,10,13-14,16-18,20,22,25-26H,6,8-9,11-12,15,19H2,1-3H3,(H,36,40)(H,38,41)(H,35,37,39);1-2,4,7,11,13,15-17H,3,5-6,8-10,12,23H2,(H,24,25,26);4-7H,1-3H3,(H,13,16)(H,14,15);1H3;1H4/t25-,26+;16-,17+;;;/m00.../s1/i;;;1D;. The van der Waals surface area contributed by atoms with Gasteiger partial charge < -0.3 is 36.3 Å². The zero-order valence-corrected chi connectivity index (χ0v) is 50.8. The first-order valence-electron chi connectivity index (χ1n) is 31.1. The minimum absolute atomic E-state index is 0. The summed E-state index contributed by atoms with van der Waals surface area (Å²) in [6.07, 6.45) is 22.7. The van der Waals surface area contributed by atoms with E-state index in [9.17, 15) is 23.6 Å². The zero-order valence-electron chi connectivity index (χ0n) is 51.8. The van der Waals surface area contributed by atoms with Crippen molar-refractivity contribution in [2.75, 3.05) is 28.4 Å². The Bertz CT molecular complexity index is 3490. The Morgan fingerprint density at radius 1 is 0.591 bits per heavy atom. The number of aromatic nitrogens is 4. The van der Waals surface area contributed by atoms with Crippen molar-refractivity contribution in [3.8, 4) is 0 Å². The lowest BCUT2D eigenvalue weighted by Crippen LogP contribution is -2.42. The van der Waals surface area contributed by atoms with Gasteiger partial charge in [0, 0.05) is 75.8 Å². The molecular formula is C70H87FN10O7. The van der Waals surface area contributed by atoms with E-state index < -0.39 is 36.5 Å². The number of hydrogen-bond donors (Lipinski definition) is 7. The third-order valence-electron chi connectivity index (χ3n) is 15.8. The Labute approximate surface area is 518 Å². The molecule has 6 aliphatic carbocycles. The van der Waals surface area contributed by atoms with Gasteiger partial charge in [-0.1, -0.05) is 68.1 Å². The van der Waals surface area contributed by atoms with Crippen molar-refractivity contribution in [1.29, 1.82) is 0 Å². The lowest BCUT2D eigenvalue weighted by Gasteiger charge is -2.30. The number of carboxylic acids is 1. The molecule has 0 aliphatic heterocycles. The number of alkyl halides is 1. The summed E-state index contributed by atoms with van der Waals surface area (Å²) in [7, 11) is -1.00. The maximum absolute atomic E-state index is 13.0. The SMILES string of the molecule is C.CC(C)(C)OC(=O)Nc1ccc(C(=O)N[C@H]2CCC[C@@H](Nc3ncc(C4CC4)c(C4=CCc5ccccc54)n3)C2)cc1.CC(C)(C)OC(=O)Nc1ccc(C(=O)O)cc1.N[C@H]1CCC[C@@H](Nc2ncc(C3CC3)c(C3=CCc4ccccc43)n2)C1.[2H]CF. The largest absolute Gasteiger partial charge is 0.478 e. The minimum atomic E-state index is -1.01. The maximum Gasteiger partial charge on any atom is 0.412 e. The van der Waals surface area contributed by atoms with Crippen molar-refractivity contribution >= 4 is 58.5 Å². The van der Waals surface area contributed by atoms with E-state index >= 15 is 0 Å². The number of benzene rings is 4. The van der Waals surface area contributed by atoms with E-state index in [0.717, 1.165) is 75.1 Å². The number of aromatic carboxylic acids is 1. The summed E-state index contributed by atoms with van der Waals surface area (Å²) in [6.45, 7) is 10.7. The Kier molecular flexibility index (Phi) is 21.4. The first kappa shape index (κ1) is 64.0. The molecule has 0 unspecified atom stereocenters. The number of ether oxygens (including phenoxy) is 2. The highest BCUT2D eigenvalue weighted by Crippen LogP contribution is 2.46. The molecule has 6 aromatic rings. The first-order chi connectivity index (χ1) is 42.2. The van der Waals surface area contributed by atoms with Crippen LogP contribution in [-0.2, 0) is 22.3 Å². The van der Waals surface area contributed by atoms with Gasteiger partial charge in [0.2, 0.25) is 11.9 Å². The Balaban J connectivity index is 0.000000185. The van der Waals surface area contributed by atoms with Gasteiger partial charge in [-0.15, -0.1) is 0 Å². The number of nitrogens with zero attached hydrogens (tertiary/aromatic N) is 4. The zero-order chi connectivity index (χ0) is 62.5. The molecular weight excluding hydrogens is 1110 g/mol. The summed E-state index contributed by atoms with van der Waals surface area (Å²) in [5.74, 6) is 1.48. The summed E-state index contributed by atoms with van der Waals surface area (Å²) >= 11 is 0. The highest BCUT2D eigenvalue weighted by atomic mass is 19.1. The van der Waals surface area contributed by atoms with Gasteiger partial charge in [-0.3, -0.25) is 19.8 Å². The van der Waals surface area contributed by atoms with E-state index in [1.165, 1.54) is 101 Å². The fourth-order valence-electron chi connectivity index (χ4n) is 11.4. The van der Waals surface area contributed by atoms with Crippen LogP contribution in [0.3, 0.4) is 0 Å². The molecule has 2 aromatic heterocycles. The van der Waals surface area contributed by atoms with Gasteiger partial charge in [0.1, 0.15) is 11.2 Å². The van der Waals surface area contributed by atoms with Crippen LogP contribution in [0.5, 0.6) is 0 Å². The Hall–Kier alpha value is -8.51. The number of nitrogens with two attached hydrogens (primary N) is 1. The smallest absolute Gasteiger partial charge is 0.412 e. The number of anilines is 4. The molecule has 0 radical (unpaired) electrons. The number of carbonyl (C=O) groups is 4. The van der Waals surface area contributed by atoms with Crippen molar-refractivity contribution < 1.29 is 39.5 Å². The number of nitrogens with one attached hydrogen (secondary N) is 5. The van der Waals surface area contributed by atoms with Crippen molar-refractivity contribution in [3.05, 3.63) is 178 Å². The van der Waals surface area contributed by atoms with E-state index in [1.807, 2.05) is 27.0 Å². The number of halogens is 1. The molecule has 0 saturated heterocycles. The van der Waals surface area contributed by atoms with Crippen LogP contribution in [0.2, 0.25) is 0 Å². The summed E-state index contributed by atoms with van der Waals surface area (Å²) in [5.41, 5.74) is 19.4. The van der Waals surface area contributed by atoms with E-state index in [4.69, 9.17) is 36.6 Å². The van der Waals surface area contributed by atoms with E-state index in [1.54, 1.807) is 45.0 Å². The van der Waals surface area contributed by atoms with Gasteiger partial charge in [-0.05, 0) is 214 Å². The lowest BCUT2D eigenvalue weighted by molar-refractivity contribution is 0.0624. The minimum Gasteiger partial charge on any atom is -0.478 e. The molecule has 8 N–H and O–H groups in total. The summed E-state index contributed by atoms with van der Waals surface area (Å²) in [5, 5.41) is 24.3. The second-order valence-corrected chi connectivity index (χ2v) is 25.2. The van der Waals surface area contributed by atoms with Crippen molar-refractivity contribution in [1.82, 2.24) is 25.3 Å². The Morgan fingerprint density at radius 3 is 1.44 bits per heavy atom. The highest BCUT2D eigenvalue weighted by molar-refractivity contribution is 5.95. The quantitative estimate of drug-likeness (QED) is 0.0569. The van der Waals surface area contributed by atoms with E-state index in [2.05, 4.69) is 98.4 Å². The van der Waals surface area contributed by atoms with E-state index in [-0.39, 0.29) is 31.0 Å². The molecule has 0 spiro atoms. The van der Waals surface area contributed by atoms with Gasteiger partial charge in [0.15, 0.2) is 0 Å². The molecule has 466 valence electrons. The molecule has 17 nitrogen and oxygen atoms in total. The number of amides is 3. The number of allylic oxidation sites excluding steroid dienone is 2. The molecule has 4 fully saturated rings. The van der Waals surface area contributed by atoms with Crippen LogP contribution in [-0.4, -0.2) is 91.6 Å². The average Bonchev–Trinajstić information content (AvgIpc) is 2.12. The normalized spacial score (nSPS) is 19.1. The van der Waals surface area contributed by atoms with E-state index in [0.29, 0.717) is 46.8 Å². The van der Waals surface area contributed by atoms with Gasteiger partial charge in [-0.2, -0.15) is 0 Å².